The van der Waals surface area contributed by atoms with Crippen molar-refractivity contribution in [2.75, 3.05) is 18.8 Å². The smallest absolute Gasteiger partial charge is 0.276 e. The largest absolute Gasteiger partial charge is 0.395 e. The lowest BCUT2D eigenvalue weighted by Gasteiger charge is -2.36. The number of H-pyrrole nitrogens is 1. The molecule has 0 spiro atoms. The van der Waals surface area contributed by atoms with E-state index in [0.29, 0.717) is 30.9 Å². The van der Waals surface area contributed by atoms with Crippen LogP contribution in [0, 0.1) is 6.92 Å². The van der Waals surface area contributed by atoms with Crippen LogP contribution in [0.25, 0.3) is 0 Å². The van der Waals surface area contributed by atoms with Crippen LogP contribution < -0.4 is 5.73 Å². The number of aryl methyl sites for hydroxylation is 1. The molecule has 1 aliphatic heterocycles. The lowest BCUT2D eigenvalue weighted by molar-refractivity contribution is -0.0109. The van der Waals surface area contributed by atoms with E-state index < -0.39 is 5.60 Å². The number of nitrogen functional groups attached to an aromatic ring is 1. The van der Waals surface area contributed by atoms with Crippen molar-refractivity contribution in [2.24, 2.45) is 0 Å². The summed E-state index contributed by atoms with van der Waals surface area (Å²) in [6.45, 7) is 4.48. The Hall–Kier alpha value is -1.56. The van der Waals surface area contributed by atoms with Crippen LogP contribution in [0.5, 0.6) is 0 Å². The number of piperidine rings is 1. The maximum absolute atomic E-state index is 12.2. The summed E-state index contributed by atoms with van der Waals surface area (Å²) in [5.74, 6) is -0.216. The standard InChI is InChI=1S/C11H18N4O2/c1-7-8(12)9(14-13-7)10(16)15-5-3-4-11(2,17)6-15/h17H,3-6,12H2,1-2H3,(H,13,14). The number of carbonyl (C=O) groups is 1. The Morgan fingerprint density at radius 1 is 1.65 bits per heavy atom. The van der Waals surface area contributed by atoms with Gasteiger partial charge in [-0.3, -0.25) is 9.89 Å². The van der Waals surface area contributed by atoms with Crippen LogP contribution in [0.2, 0.25) is 0 Å². The molecule has 0 radical (unpaired) electrons. The van der Waals surface area contributed by atoms with E-state index in [2.05, 4.69) is 10.2 Å². The fourth-order valence-corrected chi connectivity index (χ4v) is 2.14. The number of aromatic amines is 1. The van der Waals surface area contributed by atoms with Crippen LogP contribution in [-0.4, -0.2) is 44.8 Å². The summed E-state index contributed by atoms with van der Waals surface area (Å²) < 4.78 is 0. The molecule has 1 atom stereocenters. The molecule has 1 unspecified atom stereocenters. The van der Waals surface area contributed by atoms with Gasteiger partial charge in [-0.2, -0.15) is 5.10 Å². The predicted octanol–water partition coefficient (Wildman–Crippen LogP) is 0.287. The molecule has 4 N–H and O–H groups in total. The van der Waals surface area contributed by atoms with Gasteiger partial charge in [0.2, 0.25) is 0 Å². The number of amides is 1. The molecular weight excluding hydrogens is 220 g/mol. The number of β-amino-alcohol motifs (C(OH)–C–C–N with tert-alkyl or cyclic N) is 1. The van der Waals surface area contributed by atoms with Crippen molar-refractivity contribution >= 4 is 11.6 Å². The number of rotatable bonds is 1. The number of aromatic nitrogens is 2. The van der Waals surface area contributed by atoms with Crippen LogP contribution in [0.3, 0.4) is 0 Å². The minimum atomic E-state index is -0.811. The molecule has 94 valence electrons. The highest BCUT2D eigenvalue weighted by molar-refractivity contribution is 5.97. The van der Waals surface area contributed by atoms with Crippen molar-refractivity contribution in [2.45, 2.75) is 32.3 Å². The summed E-state index contributed by atoms with van der Waals surface area (Å²) in [6.07, 6.45) is 1.51. The first-order chi connectivity index (χ1) is 7.91. The highest BCUT2D eigenvalue weighted by Crippen LogP contribution is 2.23. The van der Waals surface area contributed by atoms with Gasteiger partial charge >= 0.3 is 0 Å². The van der Waals surface area contributed by atoms with Crippen LogP contribution in [0.15, 0.2) is 0 Å². The summed E-state index contributed by atoms with van der Waals surface area (Å²) in [4.78, 5) is 13.8. The van der Waals surface area contributed by atoms with Crippen molar-refractivity contribution in [3.05, 3.63) is 11.4 Å². The molecule has 1 aliphatic rings. The van der Waals surface area contributed by atoms with Gasteiger partial charge in [-0.1, -0.05) is 0 Å². The van der Waals surface area contributed by atoms with Crippen molar-refractivity contribution < 1.29 is 9.90 Å². The molecular formula is C11H18N4O2. The van der Waals surface area contributed by atoms with Gasteiger partial charge in [0, 0.05) is 13.1 Å². The minimum absolute atomic E-state index is 0.216. The number of anilines is 1. The van der Waals surface area contributed by atoms with Crippen molar-refractivity contribution in [3.8, 4) is 0 Å². The Labute approximate surface area is 99.8 Å². The van der Waals surface area contributed by atoms with Crippen LogP contribution >= 0.6 is 0 Å². The second-order valence-corrected chi connectivity index (χ2v) is 4.94. The summed E-state index contributed by atoms with van der Waals surface area (Å²) in [7, 11) is 0. The number of hydrogen-bond acceptors (Lipinski definition) is 4. The number of aliphatic hydroxyl groups is 1. The molecule has 1 fully saturated rings. The molecule has 2 heterocycles. The number of nitrogens with one attached hydrogen (secondary N) is 1. The molecule has 6 heteroatoms. The van der Waals surface area contributed by atoms with E-state index in [1.165, 1.54) is 0 Å². The molecule has 0 aromatic carbocycles. The van der Waals surface area contributed by atoms with Gasteiger partial charge in [0.25, 0.3) is 5.91 Å². The van der Waals surface area contributed by atoms with E-state index in [-0.39, 0.29) is 11.6 Å². The van der Waals surface area contributed by atoms with E-state index in [9.17, 15) is 9.90 Å². The summed E-state index contributed by atoms with van der Waals surface area (Å²) in [5.41, 5.74) is 6.29. The number of likely N-dealkylation sites (tertiary alicyclic amines) is 1. The fourth-order valence-electron chi connectivity index (χ4n) is 2.14. The number of hydrogen-bond donors (Lipinski definition) is 3. The summed E-state index contributed by atoms with van der Waals surface area (Å²) in [6, 6.07) is 0. The minimum Gasteiger partial charge on any atom is -0.395 e. The number of nitrogens with zero attached hydrogens (tertiary/aromatic N) is 2. The molecule has 1 aromatic heterocycles. The molecule has 1 amide bonds. The zero-order valence-corrected chi connectivity index (χ0v) is 10.2. The third-order valence-electron chi connectivity index (χ3n) is 3.16. The highest BCUT2D eigenvalue weighted by Gasteiger charge is 2.32. The second kappa shape index (κ2) is 4.03. The van der Waals surface area contributed by atoms with Gasteiger partial charge in [0.1, 0.15) is 0 Å². The third kappa shape index (κ3) is 2.26. The molecule has 17 heavy (non-hydrogen) atoms. The average Bonchev–Trinajstić information content (AvgIpc) is 2.57. The van der Waals surface area contributed by atoms with Gasteiger partial charge in [0.15, 0.2) is 5.69 Å². The molecule has 0 aliphatic carbocycles. The first-order valence-corrected chi connectivity index (χ1v) is 5.73. The zero-order chi connectivity index (χ0) is 12.6. The van der Waals surface area contributed by atoms with Crippen LogP contribution in [-0.2, 0) is 0 Å². The third-order valence-corrected chi connectivity index (χ3v) is 3.16. The maximum Gasteiger partial charge on any atom is 0.276 e. The number of carbonyl (C=O) groups excluding carboxylic acids is 1. The van der Waals surface area contributed by atoms with Gasteiger partial charge in [-0.15, -0.1) is 0 Å². The van der Waals surface area contributed by atoms with E-state index in [4.69, 9.17) is 5.73 Å². The average molecular weight is 238 g/mol. The quantitative estimate of drug-likeness (QED) is 0.655. The lowest BCUT2D eigenvalue weighted by Crippen LogP contribution is -2.48. The Balaban J connectivity index is 2.18. The normalized spacial score (nSPS) is 25.0. The monoisotopic (exact) mass is 238 g/mol. The molecule has 1 aromatic rings. The van der Waals surface area contributed by atoms with E-state index in [1.807, 2.05) is 0 Å². The van der Waals surface area contributed by atoms with Crippen molar-refractivity contribution in [1.82, 2.24) is 15.1 Å². The Kier molecular flexibility index (Phi) is 2.82. The predicted molar refractivity (Wildman–Crippen MR) is 63.5 cm³/mol. The first kappa shape index (κ1) is 11.9. The maximum atomic E-state index is 12.2. The van der Waals surface area contributed by atoms with Gasteiger partial charge in [-0.25, -0.2) is 0 Å². The Morgan fingerprint density at radius 3 is 2.88 bits per heavy atom. The summed E-state index contributed by atoms with van der Waals surface area (Å²) >= 11 is 0. The zero-order valence-electron chi connectivity index (χ0n) is 10.2. The molecule has 0 bridgehead atoms. The van der Waals surface area contributed by atoms with E-state index in [1.54, 1.807) is 18.7 Å². The first-order valence-electron chi connectivity index (χ1n) is 5.73. The highest BCUT2D eigenvalue weighted by atomic mass is 16.3. The van der Waals surface area contributed by atoms with Gasteiger partial charge in [-0.05, 0) is 26.7 Å². The molecule has 0 saturated carbocycles. The molecule has 6 nitrogen and oxygen atoms in total. The SMILES string of the molecule is Cc1[nH]nc(C(=O)N2CCCC(C)(O)C2)c1N. The summed E-state index contributed by atoms with van der Waals surface area (Å²) in [5, 5.41) is 16.6. The topological polar surface area (TPSA) is 95.2 Å². The van der Waals surface area contributed by atoms with E-state index >= 15 is 0 Å². The fraction of sp³-hybridized carbons (Fsp3) is 0.636. The Bertz CT molecular complexity index is 439. The van der Waals surface area contributed by atoms with Gasteiger partial charge < -0.3 is 15.7 Å². The number of nitrogens with two attached hydrogens (primary N) is 1. The van der Waals surface area contributed by atoms with Crippen molar-refractivity contribution in [1.29, 1.82) is 0 Å². The second-order valence-electron chi connectivity index (χ2n) is 4.94. The van der Waals surface area contributed by atoms with E-state index in [0.717, 1.165) is 6.42 Å². The van der Waals surface area contributed by atoms with Crippen molar-refractivity contribution in [3.63, 3.8) is 0 Å². The lowest BCUT2D eigenvalue weighted by atomic mass is 9.95. The van der Waals surface area contributed by atoms with Gasteiger partial charge in [0.05, 0.1) is 17.0 Å². The molecule has 2 rings (SSSR count). The van der Waals surface area contributed by atoms with Crippen LogP contribution in [0.4, 0.5) is 5.69 Å². The molecule has 1 saturated heterocycles. The Morgan fingerprint density at radius 2 is 2.35 bits per heavy atom. The van der Waals surface area contributed by atoms with Crippen LogP contribution in [0.1, 0.15) is 35.9 Å².